The zero-order chi connectivity index (χ0) is 24.6. The lowest BCUT2D eigenvalue weighted by Crippen LogP contribution is -2.51. The molecule has 1 aromatic heterocycles. The number of carbonyl (C=O) groups is 3. The van der Waals surface area contributed by atoms with Crippen LogP contribution in [0.25, 0.3) is 0 Å². The van der Waals surface area contributed by atoms with E-state index in [0.29, 0.717) is 50.4 Å². The van der Waals surface area contributed by atoms with Gasteiger partial charge in [0.1, 0.15) is 5.60 Å². The molecule has 10 heteroatoms. The summed E-state index contributed by atoms with van der Waals surface area (Å²) in [6.45, 7) is 9.97. The molecule has 1 saturated heterocycles. The number of nitrogens with one attached hydrogen (secondary N) is 2. The summed E-state index contributed by atoms with van der Waals surface area (Å²) in [7, 11) is 0. The molecule has 3 amide bonds. The minimum Gasteiger partial charge on any atom is -0.444 e. The summed E-state index contributed by atoms with van der Waals surface area (Å²) < 4.78 is 7.25. The predicted molar refractivity (Wildman–Crippen MR) is 128 cm³/mol. The van der Waals surface area contributed by atoms with Crippen molar-refractivity contribution in [1.82, 2.24) is 24.7 Å². The fourth-order valence-corrected chi connectivity index (χ4v) is 3.52. The second-order valence-corrected chi connectivity index (χ2v) is 9.24. The van der Waals surface area contributed by atoms with Crippen LogP contribution >= 0.6 is 0 Å². The van der Waals surface area contributed by atoms with Gasteiger partial charge in [0.05, 0.1) is 6.33 Å². The van der Waals surface area contributed by atoms with E-state index >= 15 is 0 Å². The molecule has 0 radical (unpaired) electrons. The van der Waals surface area contributed by atoms with Crippen molar-refractivity contribution in [2.24, 2.45) is 0 Å². The highest BCUT2D eigenvalue weighted by Crippen LogP contribution is 2.13. The molecule has 1 aliphatic rings. The normalized spacial score (nSPS) is 14.5. The van der Waals surface area contributed by atoms with Gasteiger partial charge in [0.2, 0.25) is 5.91 Å². The Hall–Kier alpha value is -3.40. The molecule has 0 atom stereocenters. The number of anilines is 1. The number of rotatable bonds is 8. The number of ether oxygens (including phenoxy) is 1. The number of hydrogen-bond acceptors (Lipinski definition) is 6. The minimum absolute atomic E-state index is 0.128. The lowest BCUT2D eigenvalue weighted by atomic mass is 10.2. The maximum Gasteiger partial charge on any atom is 0.410 e. The van der Waals surface area contributed by atoms with E-state index in [1.807, 2.05) is 25.3 Å². The van der Waals surface area contributed by atoms with E-state index in [1.54, 1.807) is 47.9 Å². The number of hydrogen-bond donors (Lipinski definition) is 2. The summed E-state index contributed by atoms with van der Waals surface area (Å²) in [6.07, 6.45) is 5.17. The first kappa shape index (κ1) is 25.2. The number of piperazine rings is 1. The van der Waals surface area contributed by atoms with Gasteiger partial charge in [-0.15, -0.1) is 0 Å². The van der Waals surface area contributed by atoms with Crippen molar-refractivity contribution >= 4 is 23.6 Å². The number of aryl methyl sites for hydroxylation is 1. The van der Waals surface area contributed by atoms with Gasteiger partial charge in [0, 0.05) is 75.9 Å². The van der Waals surface area contributed by atoms with Crippen molar-refractivity contribution in [2.45, 2.75) is 39.3 Å². The smallest absolute Gasteiger partial charge is 0.410 e. The summed E-state index contributed by atoms with van der Waals surface area (Å²) in [5.74, 6) is -0.321. The van der Waals surface area contributed by atoms with Gasteiger partial charge in [-0.25, -0.2) is 9.78 Å². The van der Waals surface area contributed by atoms with E-state index in [2.05, 4.69) is 20.5 Å². The maximum absolute atomic E-state index is 12.6. The van der Waals surface area contributed by atoms with E-state index in [4.69, 9.17) is 4.74 Å². The van der Waals surface area contributed by atoms with Gasteiger partial charge in [-0.05, 0) is 39.0 Å². The van der Waals surface area contributed by atoms with E-state index < -0.39 is 5.60 Å². The molecular formula is C24H34N6O4. The third kappa shape index (κ3) is 8.18. The Kier molecular flexibility index (Phi) is 8.64. The van der Waals surface area contributed by atoms with Crippen LogP contribution in [-0.4, -0.2) is 82.1 Å². The summed E-state index contributed by atoms with van der Waals surface area (Å²) in [6, 6.07) is 6.90. The molecule has 184 valence electrons. The van der Waals surface area contributed by atoms with E-state index in [-0.39, 0.29) is 17.9 Å². The molecule has 1 fully saturated rings. The highest BCUT2D eigenvalue weighted by Gasteiger charge is 2.25. The lowest BCUT2D eigenvalue weighted by Gasteiger charge is -2.35. The highest BCUT2D eigenvalue weighted by atomic mass is 16.6. The molecule has 1 aliphatic heterocycles. The van der Waals surface area contributed by atoms with Crippen LogP contribution in [-0.2, 0) is 16.1 Å². The maximum atomic E-state index is 12.6. The molecule has 2 heterocycles. The second-order valence-electron chi connectivity index (χ2n) is 9.24. The first-order valence-electron chi connectivity index (χ1n) is 11.5. The number of carbonyl (C=O) groups excluding carboxylic acids is 3. The van der Waals surface area contributed by atoms with E-state index in [9.17, 15) is 14.4 Å². The fraction of sp³-hybridized carbons (Fsp3) is 0.500. The molecule has 0 unspecified atom stereocenters. The first-order chi connectivity index (χ1) is 16.2. The van der Waals surface area contributed by atoms with Crippen LogP contribution in [0.3, 0.4) is 0 Å². The highest BCUT2D eigenvalue weighted by molar-refractivity contribution is 5.97. The first-order valence-corrected chi connectivity index (χ1v) is 11.5. The van der Waals surface area contributed by atoms with Crippen molar-refractivity contribution in [3.8, 4) is 0 Å². The number of benzene rings is 1. The van der Waals surface area contributed by atoms with Crippen molar-refractivity contribution in [2.75, 3.05) is 44.6 Å². The molecule has 0 spiro atoms. The Morgan fingerprint density at radius 2 is 1.85 bits per heavy atom. The standard InChI is InChI=1S/C24H34N6O4/c1-24(2,3)34-23(33)30-15-13-28(14-16-30)12-9-26-22(32)19-5-4-6-20(17-19)27-21(31)7-10-29-11-8-25-18-29/h4-6,8,11,17-18H,7,9-10,12-16H2,1-3H3,(H,26,32)(H,27,31). The molecule has 3 rings (SSSR count). The molecule has 0 aliphatic carbocycles. The van der Waals surface area contributed by atoms with Gasteiger partial charge in [-0.3, -0.25) is 14.5 Å². The van der Waals surface area contributed by atoms with Crippen molar-refractivity contribution < 1.29 is 19.1 Å². The summed E-state index contributed by atoms with van der Waals surface area (Å²) >= 11 is 0. The number of nitrogens with zero attached hydrogens (tertiary/aromatic N) is 4. The fourth-order valence-electron chi connectivity index (χ4n) is 3.52. The monoisotopic (exact) mass is 470 g/mol. The topological polar surface area (TPSA) is 109 Å². The summed E-state index contributed by atoms with van der Waals surface area (Å²) in [5, 5.41) is 5.76. The zero-order valence-electron chi connectivity index (χ0n) is 20.1. The predicted octanol–water partition coefficient (Wildman–Crippen LogP) is 2.19. The lowest BCUT2D eigenvalue weighted by molar-refractivity contribution is -0.116. The Morgan fingerprint density at radius 1 is 1.09 bits per heavy atom. The van der Waals surface area contributed by atoms with Crippen molar-refractivity contribution in [3.05, 3.63) is 48.5 Å². The van der Waals surface area contributed by atoms with Gasteiger partial charge < -0.3 is 24.8 Å². The van der Waals surface area contributed by atoms with Gasteiger partial charge in [-0.2, -0.15) is 0 Å². The molecule has 1 aromatic carbocycles. The summed E-state index contributed by atoms with van der Waals surface area (Å²) in [5.41, 5.74) is 0.572. The van der Waals surface area contributed by atoms with Gasteiger partial charge in [0.25, 0.3) is 5.91 Å². The Balaban J connectivity index is 1.37. The van der Waals surface area contributed by atoms with Crippen LogP contribution in [0.2, 0.25) is 0 Å². The average Bonchev–Trinajstić information content (AvgIpc) is 3.31. The molecular weight excluding hydrogens is 436 g/mol. The Bertz CT molecular complexity index is 962. The van der Waals surface area contributed by atoms with Crippen molar-refractivity contribution in [1.29, 1.82) is 0 Å². The van der Waals surface area contributed by atoms with Gasteiger partial charge in [-0.1, -0.05) is 6.07 Å². The van der Waals surface area contributed by atoms with Crippen LogP contribution in [0.5, 0.6) is 0 Å². The molecule has 0 bridgehead atoms. The van der Waals surface area contributed by atoms with E-state index in [0.717, 1.165) is 13.1 Å². The molecule has 2 N–H and O–H groups in total. The molecule has 2 aromatic rings. The number of aromatic nitrogens is 2. The quantitative estimate of drug-likeness (QED) is 0.612. The molecule has 34 heavy (non-hydrogen) atoms. The zero-order valence-corrected chi connectivity index (χ0v) is 20.1. The number of imidazole rings is 1. The third-order valence-corrected chi connectivity index (χ3v) is 5.30. The second kappa shape index (κ2) is 11.6. The Morgan fingerprint density at radius 3 is 2.53 bits per heavy atom. The van der Waals surface area contributed by atoms with Crippen LogP contribution in [0.4, 0.5) is 10.5 Å². The largest absolute Gasteiger partial charge is 0.444 e. The SMILES string of the molecule is CC(C)(C)OC(=O)N1CCN(CCNC(=O)c2cccc(NC(=O)CCn3ccnc3)c2)CC1. The number of amides is 3. The van der Waals surface area contributed by atoms with Gasteiger partial charge in [0.15, 0.2) is 0 Å². The average molecular weight is 471 g/mol. The Labute approximate surface area is 200 Å². The van der Waals surface area contributed by atoms with Crippen molar-refractivity contribution in [3.63, 3.8) is 0 Å². The molecule has 0 saturated carbocycles. The van der Waals surface area contributed by atoms with E-state index in [1.165, 1.54) is 0 Å². The molecule has 10 nitrogen and oxygen atoms in total. The summed E-state index contributed by atoms with van der Waals surface area (Å²) in [4.78, 5) is 44.8. The van der Waals surface area contributed by atoms with Crippen LogP contribution in [0, 0.1) is 0 Å². The van der Waals surface area contributed by atoms with Crippen LogP contribution in [0.1, 0.15) is 37.6 Å². The minimum atomic E-state index is -0.501. The van der Waals surface area contributed by atoms with Crippen LogP contribution in [0.15, 0.2) is 43.0 Å². The third-order valence-electron chi connectivity index (χ3n) is 5.30. The van der Waals surface area contributed by atoms with Crippen LogP contribution < -0.4 is 10.6 Å². The van der Waals surface area contributed by atoms with Gasteiger partial charge >= 0.3 is 6.09 Å².